The Balaban J connectivity index is 2.89. The van der Waals surface area contributed by atoms with Gasteiger partial charge >= 0.3 is 0 Å². The van der Waals surface area contributed by atoms with Gasteiger partial charge in [0.15, 0.2) is 0 Å². The molecule has 0 bridgehead atoms. The fourth-order valence-corrected chi connectivity index (χ4v) is 0.805. The van der Waals surface area contributed by atoms with Gasteiger partial charge in [-0.1, -0.05) is 11.6 Å². The monoisotopic (exact) mass is 154 g/mol. The summed E-state index contributed by atoms with van der Waals surface area (Å²) in [6.07, 6.45) is 6.87. The summed E-state index contributed by atoms with van der Waals surface area (Å²) in [4.78, 5) is 0. The lowest BCUT2D eigenvalue weighted by molar-refractivity contribution is 1.12. The largest absolute Gasteiger partial charge is 0.159 e. The van der Waals surface area contributed by atoms with Gasteiger partial charge in [-0.05, 0) is 25.2 Å². The molecule has 1 heterocycles. The molecule has 0 unspecified atom stereocenters. The summed E-state index contributed by atoms with van der Waals surface area (Å²) in [6, 6.07) is 0. The van der Waals surface area contributed by atoms with E-state index in [9.17, 15) is 0 Å². The Kier molecular flexibility index (Phi) is 2.40. The highest BCUT2D eigenvalue weighted by molar-refractivity contribution is 6.31. The molecule has 1 rings (SSSR count). The van der Waals surface area contributed by atoms with Crippen LogP contribution in [0, 0.1) is 0 Å². The maximum Gasteiger partial charge on any atom is 0.0614 e. The third-order valence-electron chi connectivity index (χ3n) is 0.970. The lowest BCUT2D eigenvalue weighted by Crippen LogP contribution is -1.71. The van der Waals surface area contributed by atoms with Crippen LogP contribution in [0.4, 0.5) is 0 Å². The van der Waals surface area contributed by atoms with Gasteiger partial charge in [-0.2, -0.15) is 10.2 Å². The van der Waals surface area contributed by atoms with Crippen molar-refractivity contribution in [3.63, 3.8) is 0 Å². The first-order valence-electron chi connectivity index (χ1n) is 2.90. The minimum atomic E-state index is 0.674. The van der Waals surface area contributed by atoms with E-state index in [-0.39, 0.29) is 0 Å². The Morgan fingerprint density at radius 3 is 3.10 bits per heavy atom. The van der Waals surface area contributed by atoms with Crippen molar-refractivity contribution in [1.29, 1.82) is 0 Å². The van der Waals surface area contributed by atoms with Gasteiger partial charge in [0.05, 0.1) is 5.70 Å². The number of azo groups is 1. The van der Waals surface area contributed by atoms with E-state index in [2.05, 4.69) is 10.2 Å². The normalized spacial score (nSPS) is 34.2. The predicted molar refractivity (Wildman–Crippen MR) is 41.7 cm³/mol. The first-order chi connectivity index (χ1) is 4.79. The first-order valence-corrected chi connectivity index (χ1v) is 3.28. The molecule has 10 heavy (non-hydrogen) atoms. The molecular weight excluding hydrogens is 148 g/mol. The molecule has 0 atom stereocenters. The van der Waals surface area contributed by atoms with Crippen molar-refractivity contribution >= 4 is 11.6 Å². The molecule has 0 fully saturated rings. The maximum atomic E-state index is 5.72. The Morgan fingerprint density at radius 2 is 2.30 bits per heavy atom. The molecule has 1 aliphatic heterocycles. The Morgan fingerprint density at radius 1 is 1.50 bits per heavy atom. The van der Waals surface area contributed by atoms with Gasteiger partial charge in [-0.15, -0.1) is 0 Å². The second-order valence-corrected chi connectivity index (χ2v) is 2.33. The minimum Gasteiger partial charge on any atom is -0.159 e. The predicted octanol–water partition coefficient (Wildman–Crippen LogP) is 2.99. The molecule has 0 amide bonds. The van der Waals surface area contributed by atoms with Crippen LogP contribution in [0.2, 0.25) is 0 Å². The topological polar surface area (TPSA) is 24.7 Å². The van der Waals surface area contributed by atoms with Gasteiger partial charge in [0.1, 0.15) is 0 Å². The summed E-state index contributed by atoms with van der Waals surface area (Å²) in [5.41, 5.74) is 0.811. The van der Waals surface area contributed by atoms with Crippen LogP contribution < -0.4 is 0 Å². The van der Waals surface area contributed by atoms with Gasteiger partial charge in [-0.3, -0.25) is 0 Å². The fraction of sp³-hybridized carbons (Fsp3) is 0.143. The number of halogens is 1. The van der Waals surface area contributed by atoms with E-state index in [1.54, 1.807) is 24.4 Å². The molecule has 2 nitrogen and oxygen atoms in total. The molecule has 3 heteroatoms. The van der Waals surface area contributed by atoms with Crippen molar-refractivity contribution in [2.24, 2.45) is 10.2 Å². The first kappa shape index (κ1) is 7.22. The minimum absolute atomic E-state index is 0.674. The number of rotatable bonds is 0. The third kappa shape index (κ3) is 2.15. The van der Waals surface area contributed by atoms with E-state index in [1.165, 1.54) is 0 Å². The lowest BCUT2D eigenvalue weighted by atomic mass is 10.4. The van der Waals surface area contributed by atoms with E-state index in [4.69, 9.17) is 11.6 Å². The van der Waals surface area contributed by atoms with Crippen molar-refractivity contribution in [2.75, 3.05) is 0 Å². The fourth-order valence-electron chi connectivity index (χ4n) is 0.574. The average Bonchev–Trinajstić information content (AvgIpc) is 1.83. The average molecular weight is 155 g/mol. The van der Waals surface area contributed by atoms with Gasteiger partial charge in [0.2, 0.25) is 0 Å². The second kappa shape index (κ2) is 3.32. The SMILES string of the molecule is CC1=C/C(Cl)=C\C=C/N=N\1. The van der Waals surface area contributed by atoms with Gasteiger partial charge in [-0.25, -0.2) is 0 Å². The van der Waals surface area contributed by atoms with E-state index in [0.717, 1.165) is 5.70 Å². The Bertz CT molecular complexity index is 233. The van der Waals surface area contributed by atoms with E-state index in [0.29, 0.717) is 5.03 Å². The molecule has 0 aliphatic carbocycles. The zero-order valence-electron chi connectivity index (χ0n) is 5.58. The lowest BCUT2D eigenvalue weighted by Gasteiger charge is -1.91. The van der Waals surface area contributed by atoms with Crippen LogP contribution in [-0.4, -0.2) is 0 Å². The van der Waals surface area contributed by atoms with Crippen LogP contribution in [-0.2, 0) is 0 Å². The van der Waals surface area contributed by atoms with Crippen LogP contribution in [0.25, 0.3) is 0 Å². The van der Waals surface area contributed by atoms with Crippen LogP contribution in [0.15, 0.2) is 45.4 Å². The number of allylic oxidation sites excluding steroid dienone is 5. The van der Waals surface area contributed by atoms with Crippen molar-refractivity contribution in [3.05, 3.63) is 35.2 Å². The number of hydrogen-bond donors (Lipinski definition) is 0. The summed E-state index contributed by atoms with van der Waals surface area (Å²) in [7, 11) is 0. The highest BCUT2D eigenvalue weighted by Crippen LogP contribution is 2.10. The quantitative estimate of drug-likeness (QED) is 0.513. The zero-order valence-corrected chi connectivity index (χ0v) is 6.34. The van der Waals surface area contributed by atoms with Crippen LogP contribution in [0.1, 0.15) is 6.92 Å². The van der Waals surface area contributed by atoms with E-state index >= 15 is 0 Å². The van der Waals surface area contributed by atoms with Crippen molar-refractivity contribution < 1.29 is 0 Å². The molecule has 0 spiro atoms. The van der Waals surface area contributed by atoms with Crippen molar-refractivity contribution in [2.45, 2.75) is 6.92 Å². The number of nitrogens with zero attached hydrogens (tertiary/aromatic N) is 2. The van der Waals surface area contributed by atoms with Gasteiger partial charge in [0, 0.05) is 11.2 Å². The summed E-state index contributed by atoms with van der Waals surface area (Å²) in [5, 5.41) is 8.20. The maximum absolute atomic E-state index is 5.72. The molecular formula is C7H7ClN2. The second-order valence-electron chi connectivity index (χ2n) is 1.89. The molecule has 0 aromatic heterocycles. The highest BCUT2D eigenvalue weighted by Gasteiger charge is 1.88. The molecule has 0 aromatic carbocycles. The number of hydrogen-bond acceptors (Lipinski definition) is 2. The summed E-state index contributed by atoms with van der Waals surface area (Å²) in [5.74, 6) is 0. The molecule has 0 saturated carbocycles. The van der Waals surface area contributed by atoms with Crippen LogP contribution in [0.5, 0.6) is 0 Å². The smallest absolute Gasteiger partial charge is 0.0614 e. The van der Waals surface area contributed by atoms with Gasteiger partial charge in [0.25, 0.3) is 0 Å². The van der Waals surface area contributed by atoms with Crippen molar-refractivity contribution in [1.82, 2.24) is 0 Å². The Labute approximate surface area is 64.6 Å². The standard InChI is InChI=1S/C7H7ClN2/c1-6-5-7(8)3-2-4-9-10-6/h2-5H,1H3/b3-2?,4-2-,6-5-,7-3+,7-5?,9-4?,10-6?,10-9-. The molecule has 52 valence electrons. The summed E-state index contributed by atoms with van der Waals surface area (Å²) in [6.45, 7) is 1.85. The molecule has 0 saturated heterocycles. The third-order valence-corrected chi connectivity index (χ3v) is 1.21. The summed E-state index contributed by atoms with van der Waals surface area (Å²) < 4.78 is 0. The van der Waals surface area contributed by atoms with Crippen LogP contribution >= 0.6 is 11.6 Å². The molecule has 0 N–H and O–H groups in total. The summed E-state index contributed by atoms with van der Waals surface area (Å²) >= 11 is 5.72. The Hall–Kier alpha value is -0.890. The highest BCUT2D eigenvalue weighted by atomic mass is 35.5. The van der Waals surface area contributed by atoms with E-state index in [1.807, 2.05) is 6.92 Å². The van der Waals surface area contributed by atoms with E-state index < -0.39 is 0 Å². The molecule has 0 radical (unpaired) electrons. The van der Waals surface area contributed by atoms with Crippen molar-refractivity contribution in [3.8, 4) is 0 Å². The molecule has 1 aliphatic rings. The van der Waals surface area contributed by atoms with Crippen LogP contribution in [0.3, 0.4) is 0 Å². The molecule has 0 aromatic rings. The zero-order chi connectivity index (χ0) is 7.40. The van der Waals surface area contributed by atoms with Gasteiger partial charge < -0.3 is 0 Å².